The van der Waals surface area contributed by atoms with Gasteiger partial charge in [-0.05, 0) is 36.8 Å². The predicted octanol–water partition coefficient (Wildman–Crippen LogP) is 1.38. The standard InChI is InChI=1S/C14H20N2O/c1-10(13(15)17)8-11-4-2-3-5-12(11)9-14(16)6-7-14/h2-5,10H,6-9,16H2,1H3,(H2,15,17). The molecule has 3 heteroatoms. The average Bonchev–Trinajstić information content (AvgIpc) is 2.99. The van der Waals surface area contributed by atoms with E-state index in [9.17, 15) is 4.79 Å². The molecule has 1 aromatic carbocycles. The predicted molar refractivity (Wildman–Crippen MR) is 68.4 cm³/mol. The zero-order chi connectivity index (χ0) is 12.5. The second-order valence-electron chi connectivity index (χ2n) is 5.32. The van der Waals surface area contributed by atoms with Gasteiger partial charge in [-0.1, -0.05) is 31.2 Å². The summed E-state index contributed by atoms with van der Waals surface area (Å²) in [6.07, 6.45) is 3.83. The number of nitrogens with two attached hydrogens (primary N) is 2. The zero-order valence-corrected chi connectivity index (χ0v) is 10.3. The lowest BCUT2D eigenvalue weighted by Crippen LogP contribution is -2.26. The molecule has 4 N–H and O–H groups in total. The molecule has 3 nitrogen and oxygen atoms in total. The number of rotatable bonds is 5. The first kappa shape index (κ1) is 12.1. The third-order valence-electron chi connectivity index (χ3n) is 3.56. The zero-order valence-electron chi connectivity index (χ0n) is 10.3. The van der Waals surface area contributed by atoms with Crippen LogP contribution in [0.4, 0.5) is 0 Å². The van der Waals surface area contributed by atoms with Crippen molar-refractivity contribution in [3.05, 3.63) is 35.4 Å². The van der Waals surface area contributed by atoms with Gasteiger partial charge in [0.1, 0.15) is 0 Å². The molecule has 0 aromatic heterocycles. The first-order valence-corrected chi connectivity index (χ1v) is 6.15. The maximum absolute atomic E-state index is 11.1. The molecule has 92 valence electrons. The molecule has 0 aliphatic heterocycles. The summed E-state index contributed by atoms with van der Waals surface area (Å²) in [7, 11) is 0. The van der Waals surface area contributed by atoms with Crippen LogP contribution < -0.4 is 11.5 Å². The van der Waals surface area contributed by atoms with E-state index in [2.05, 4.69) is 12.1 Å². The first-order valence-electron chi connectivity index (χ1n) is 6.15. The third-order valence-corrected chi connectivity index (χ3v) is 3.56. The fourth-order valence-corrected chi connectivity index (χ4v) is 2.08. The van der Waals surface area contributed by atoms with Crippen LogP contribution in [0.25, 0.3) is 0 Å². The minimum absolute atomic E-state index is 0.00602. The van der Waals surface area contributed by atoms with E-state index >= 15 is 0 Å². The molecule has 17 heavy (non-hydrogen) atoms. The minimum Gasteiger partial charge on any atom is -0.369 e. The van der Waals surface area contributed by atoms with Crippen molar-refractivity contribution >= 4 is 5.91 Å². The van der Waals surface area contributed by atoms with Crippen LogP contribution in [0.1, 0.15) is 30.9 Å². The Morgan fingerprint density at radius 2 is 1.94 bits per heavy atom. The Balaban J connectivity index is 2.12. The van der Waals surface area contributed by atoms with Crippen LogP contribution in [0.2, 0.25) is 0 Å². The maximum Gasteiger partial charge on any atom is 0.220 e. The van der Waals surface area contributed by atoms with Crippen LogP contribution in [-0.4, -0.2) is 11.4 Å². The van der Waals surface area contributed by atoms with E-state index in [1.54, 1.807) is 0 Å². The highest BCUT2D eigenvalue weighted by molar-refractivity contribution is 5.76. The lowest BCUT2D eigenvalue weighted by atomic mass is 9.92. The van der Waals surface area contributed by atoms with Gasteiger partial charge in [0.25, 0.3) is 0 Å². The molecule has 0 bridgehead atoms. The molecule has 1 aliphatic rings. The highest BCUT2D eigenvalue weighted by atomic mass is 16.1. The van der Waals surface area contributed by atoms with Crippen LogP contribution in [0.15, 0.2) is 24.3 Å². The van der Waals surface area contributed by atoms with Crippen molar-refractivity contribution < 1.29 is 4.79 Å². The van der Waals surface area contributed by atoms with Crippen molar-refractivity contribution in [1.82, 2.24) is 0 Å². The van der Waals surface area contributed by atoms with Crippen LogP contribution in [0, 0.1) is 5.92 Å². The minimum atomic E-state index is -0.242. The Bertz CT molecular complexity index is 424. The molecule has 1 aromatic rings. The van der Waals surface area contributed by atoms with Crippen LogP contribution >= 0.6 is 0 Å². The number of primary amides is 1. The van der Waals surface area contributed by atoms with Crippen molar-refractivity contribution in [1.29, 1.82) is 0 Å². The molecular weight excluding hydrogens is 212 g/mol. The van der Waals surface area contributed by atoms with Gasteiger partial charge in [-0.2, -0.15) is 0 Å². The Hall–Kier alpha value is -1.35. The summed E-state index contributed by atoms with van der Waals surface area (Å²) in [6, 6.07) is 8.21. The van der Waals surface area contributed by atoms with E-state index in [4.69, 9.17) is 11.5 Å². The lowest BCUT2D eigenvalue weighted by Gasteiger charge is -2.15. The summed E-state index contributed by atoms with van der Waals surface area (Å²) in [4.78, 5) is 11.1. The lowest BCUT2D eigenvalue weighted by molar-refractivity contribution is -0.121. The summed E-state index contributed by atoms with van der Waals surface area (Å²) in [5.41, 5.74) is 13.9. The van der Waals surface area contributed by atoms with Gasteiger partial charge >= 0.3 is 0 Å². The number of hydrogen-bond donors (Lipinski definition) is 2. The van der Waals surface area contributed by atoms with Gasteiger partial charge in [-0.15, -0.1) is 0 Å². The number of benzene rings is 1. The van der Waals surface area contributed by atoms with E-state index in [-0.39, 0.29) is 17.4 Å². The summed E-state index contributed by atoms with van der Waals surface area (Å²) >= 11 is 0. The second-order valence-corrected chi connectivity index (χ2v) is 5.32. The molecule has 1 amide bonds. The van der Waals surface area contributed by atoms with Gasteiger partial charge < -0.3 is 11.5 Å². The van der Waals surface area contributed by atoms with Crippen molar-refractivity contribution in [3.8, 4) is 0 Å². The van der Waals surface area contributed by atoms with Crippen molar-refractivity contribution in [3.63, 3.8) is 0 Å². The summed E-state index contributed by atoms with van der Waals surface area (Å²) < 4.78 is 0. The number of amides is 1. The first-order chi connectivity index (χ1) is 8.00. The quantitative estimate of drug-likeness (QED) is 0.805. The van der Waals surface area contributed by atoms with Gasteiger partial charge in [0.05, 0.1) is 0 Å². The van der Waals surface area contributed by atoms with Crippen LogP contribution in [0.3, 0.4) is 0 Å². The molecule has 1 aliphatic carbocycles. The van der Waals surface area contributed by atoms with Gasteiger partial charge in [0.15, 0.2) is 0 Å². The van der Waals surface area contributed by atoms with E-state index < -0.39 is 0 Å². The normalized spacial score (nSPS) is 18.7. The molecule has 2 rings (SSSR count). The molecule has 1 saturated carbocycles. The highest BCUT2D eigenvalue weighted by Crippen LogP contribution is 2.36. The average molecular weight is 232 g/mol. The Labute approximate surface area is 102 Å². The van der Waals surface area contributed by atoms with E-state index in [1.807, 2.05) is 19.1 Å². The summed E-state index contributed by atoms with van der Waals surface area (Å²) in [5, 5.41) is 0. The summed E-state index contributed by atoms with van der Waals surface area (Å²) in [5.74, 6) is -0.363. The Morgan fingerprint density at radius 3 is 2.47 bits per heavy atom. The fraction of sp³-hybridized carbons (Fsp3) is 0.500. The fourth-order valence-electron chi connectivity index (χ4n) is 2.08. The van der Waals surface area contributed by atoms with Gasteiger partial charge in [0, 0.05) is 11.5 Å². The smallest absolute Gasteiger partial charge is 0.220 e. The molecule has 0 spiro atoms. The molecule has 1 atom stereocenters. The van der Waals surface area contributed by atoms with E-state index in [0.717, 1.165) is 19.3 Å². The monoisotopic (exact) mass is 232 g/mol. The highest BCUT2D eigenvalue weighted by Gasteiger charge is 2.38. The Morgan fingerprint density at radius 1 is 1.35 bits per heavy atom. The summed E-state index contributed by atoms with van der Waals surface area (Å²) in [6.45, 7) is 1.87. The Kier molecular flexibility index (Phi) is 3.20. The molecule has 1 fully saturated rings. The molecule has 0 heterocycles. The SMILES string of the molecule is CC(Cc1ccccc1CC1(N)CC1)C(N)=O. The maximum atomic E-state index is 11.1. The largest absolute Gasteiger partial charge is 0.369 e. The molecule has 1 unspecified atom stereocenters. The van der Waals surface area contributed by atoms with Gasteiger partial charge in [-0.3, -0.25) is 4.79 Å². The molecule has 0 radical (unpaired) electrons. The van der Waals surface area contributed by atoms with Crippen LogP contribution in [-0.2, 0) is 17.6 Å². The van der Waals surface area contributed by atoms with E-state index in [0.29, 0.717) is 6.42 Å². The number of carbonyl (C=O) groups is 1. The van der Waals surface area contributed by atoms with Crippen molar-refractivity contribution in [2.75, 3.05) is 0 Å². The van der Waals surface area contributed by atoms with Crippen molar-refractivity contribution in [2.45, 2.75) is 38.1 Å². The van der Waals surface area contributed by atoms with E-state index in [1.165, 1.54) is 11.1 Å². The topological polar surface area (TPSA) is 69.1 Å². The second kappa shape index (κ2) is 4.49. The third kappa shape index (κ3) is 3.07. The number of hydrogen-bond acceptors (Lipinski definition) is 2. The number of carbonyl (C=O) groups excluding carboxylic acids is 1. The van der Waals surface area contributed by atoms with Gasteiger partial charge in [-0.25, -0.2) is 0 Å². The van der Waals surface area contributed by atoms with Crippen molar-refractivity contribution in [2.24, 2.45) is 17.4 Å². The molecule has 0 saturated heterocycles. The molecular formula is C14H20N2O. The van der Waals surface area contributed by atoms with Gasteiger partial charge in [0.2, 0.25) is 5.91 Å². The van der Waals surface area contributed by atoms with Crippen LogP contribution in [0.5, 0.6) is 0 Å².